The number of alkyl halides is 3. The second kappa shape index (κ2) is 3.57. The Morgan fingerprint density at radius 2 is 2.17 bits per heavy atom. The number of nitrogens with zero attached hydrogens (tertiary/aromatic N) is 2. The van der Waals surface area contributed by atoms with Gasteiger partial charge in [-0.05, 0) is 0 Å². The van der Waals surface area contributed by atoms with Gasteiger partial charge in [0.25, 0.3) is 0 Å². The van der Waals surface area contributed by atoms with Gasteiger partial charge >= 0.3 is 6.36 Å². The van der Waals surface area contributed by atoms with Crippen molar-refractivity contribution in [1.29, 1.82) is 0 Å². The van der Waals surface area contributed by atoms with Crippen LogP contribution >= 0.6 is 0 Å². The molecule has 0 aliphatic rings. The van der Waals surface area contributed by atoms with Crippen LogP contribution in [0.25, 0.3) is 0 Å². The average molecular weight is 180 g/mol. The van der Waals surface area contributed by atoms with Gasteiger partial charge in [-0.15, -0.1) is 13.2 Å². The van der Waals surface area contributed by atoms with E-state index in [1.807, 2.05) is 0 Å². The molecule has 3 nitrogen and oxygen atoms in total. The van der Waals surface area contributed by atoms with Gasteiger partial charge in [-0.3, -0.25) is 4.74 Å². The Labute approximate surface area is 66.8 Å². The molecule has 1 aromatic heterocycles. The quantitative estimate of drug-likeness (QED) is 0.703. The Morgan fingerprint density at radius 3 is 2.67 bits per heavy atom. The zero-order chi connectivity index (χ0) is 9.03. The van der Waals surface area contributed by atoms with Crippen molar-refractivity contribution in [1.82, 2.24) is 9.55 Å². The lowest BCUT2D eigenvalue weighted by Gasteiger charge is -2.06. The molecule has 0 radical (unpaired) electrons. The first-order valence-corrected chi connectivity index (χ1v) is 3.24. The fourth-order valence-corrected chi connectivity index (χ4v) is 0.686. The van der Waals surface area contributed by atoms with Crippen LogP contribution in [-0.4, -0.2) is 22.5 Å². The summed E-state index contributed by atoms with van der Waals surface area (Å²) in [6.07, 6.45) is -0.0480. The number of hydrogen-bond donors (Lipinski definition) is 0. The van der Waals surface area contributed by atoms with Crippen LogP contribution in [0.4, 0.5) is 13.2 Å². The lowest BCUT2D eigenvalue weighted by molar-refractivity contribution is -0.325. The predicted octanol–water partition coefficient (Wildman–Crippen LogP) is 1.42. The van der Waals surface area contributed by atoms with E-state index in [0.29, 0.717) is 0 Å². The second-order valence-corrected chi connectivity index (χ2v) is 2.09. The van der Waals surface area contributed by atoms with E-state index in [-0.39, 0.29) is 13.2 Å². The number of imidazole rings is 1. The highest BCUT2D eigenvalue weighted by Crippen LogP contribution is 2.15. The molecule has 68 valence electrons. The van der Waals surface area contributed by atoms with Crippen LogP contribution in [0.3, 0.4) is 0 Å². The molecule has 0 saturated heterocycles. The Hall–Kier alpha value is -1.04. The van der Waals surface area contributed by atoms with Crippen LogP contribution in [-0.2, 0) is 11.3 Å². The fraction of sp³-hybridized carbons (Fsp3) is 0.500. The molecule has 0 saturated carbocycles. The van der Waals surface area contributed by atoms with Gasteiger partial charge in [0.15, 0.2) is 0 Å². The molecule has 0 unspecified atom stereocenters. The number of hydrogen-bond acceptors (Lipinski definition) is 2. The highest BCUT2D eigenvalue weighted by Gasteiger charge is 2.28. The molecule has 0 aromatic carbocycles. The summed E-state index contributed by atoms with van der Waals surface area (Å²) in [5.41, 5.74) is 0. The summed E-state index contributed by atoms with van der Waals surface area (Å²) in [6.45, 7) is -0.237. The Balaban J connectivity index is 2.20. The average Bonchev–Trinajstić information content (AvgIpc) is 2.36. The van der Waals surface area contributed by atoms with Gasteiger partial charge in [0.1, 0.15) is 0 Å². The normalized spacial score (nSPS) is 11.9. The van der Waals surface area contributed by atoms with E-state index < -0.39 is 6.36 Å². The maximum absolute atomic E-state index is 11.4. The fourth-order valence-electron chi connectivity index (χ4n) is 0.686. The Bertz CT molecular complexity index is 219. The summed E-state index contributed by atoms with van der Waals surface area (Å²) in [5.74, 6) is 0. The van der Waals surface area contributed by atoms with Crippen molar-refractivity contribution >= 4 is 0 Å². The first-order valence-electron chi connectivity index (χ1n) is 3.24. The van der Waals surface area contributed by atoms with Gasteiger partial charge in [0.2, 0.25) is 0 Å². The second-order valence-electron chi connectivity index (χ2n) is 2.09. The minimum absolute atomic E-state index is 0.152. The third-order valence-corrected chi connectivity index (χ3v) is 1.17. The van der Waals surface area contributed by atoms with Crippen LogP contribution in [0.1, 0.15) is 0 Å². The third-order valence-electron chi connectivity index (χ3n) is 1.17. The molecule has 0 N–H and O–H groups in total. The van der Waals surface area contributed by atoms with Crippen LogP contribution in [0.2, 0.25) is 0 Å². The number of ether oxygens (including phenoxy) is 1. The zero-order valence-electron chi connectivity index (χ0n) is 6.08. The molecule has 1 heterocycles. The van der Waals surface area contributed by atoms with Gasteiger partial charge in [-0.1, -0.05) is 0 Å². The molecule has 6 heteroatoms. The Kier molecular flexibility index (Phi) is 2.69. The lowest BCUT2D eigenvalue weighted by Crippen LogP contribution is -2.16. The van der Waals surface area contributed by atoms with Gasteiger partial charge in [0, 0.05) is 18.9 Å². The van der Waals surface area contributed by atoms with Crippen molar-refractivity contribution in [2.24, 2.45) is 0 Å². The van der Waals surface area contributed by atoms with E-state index in [1.165, 1.54) is 17.1 Å². The van der Waals surface area contributed by atoms with Crippen molar-refractivity contribution in [2.75, 3.05) is 6.61 Å². The largest absolute Gasteiger partial charge is 0.522 e. The van der Waals surface area contributed by atoms with Gasteiger partial charge < -0.3 is 4.57 Å². The summed E-state index contributed by atoms with van der Waals surface area (Å²) in [4.78, 5) is 3.66. The molecule has 0 bridgehead atoms. The van der Waals surface area contributed by atoms with Crippen LogP contribution < -0.4 is 0 Å². The van der Waals surface area contributed by atoms with E-state index in [4.69, 9.17) is 0 Å². The van der Waals surface area contributed by atoms with Crippen molar-refractivity contribution < 1.29 is 17.9 Å². The molecule has 1 aromatic rings. The smallest absolute Gasteiger partial charge is 0.335 e. The monoisotopic (exact) mass is 180 g/mol. The van der Waals surface area contributed by atoms with Crippen LogP contribution in [0.15, 0.2) is 18.7 Å². The van der Waals surface area contributed by atoms with Crippen molar-refractivity contribution in [3.8, 4) is 0 Å². The SMILES string of the molecule is FC(F)(F)OCCn1ccnc1. The maximum atomic E-state index is 11.4. The van der Waals surface area contributed by atoms with E-state index >= 15 is 0 Å². The first kappa shape index (κ1) is 9.05. The molecule has 0 fully saturated rings. The maximum Gasteiger partial charge on any atom is 0.522 e. The lowest BCUT2D eigenvalue weighted by atomic mass is 10.7. The van der Waals surface area contributed by atoms with E-state index in [1.54, 1.807) is 6.20 Å². The van der Waals surface area contributed by atoms with Crippen LogP contribution in [0.5, 0.6) is 0 Å². The van der Waals surface area contributed by atoms with E-state index in [0.717, 1.165) is 0 Å². The molecule has 0 amide bonds. The first-order chi connectivity index (χ1) is 5.58. The summed E-state index contributed by atoms with van der Waals surface area (Å²) in [6, 6.07) is 0. The molecule has 0 atom stereocenters. The standard InChI is InChI=1S/C6H7F3N2O/c7-6(8,9)12-4-3-11-2-1-10-5-11/h1-2,5H,3-4H2. The summed E-state index contributed by atoms with van der Waals surface area (Å²) < 4.78 is 39.4. The molecule has 12 heavy (non-hydrogen) atoms. The number of halogens is 3. The topological polar surface area (TPSA) is 27.1 Å². The molecule has 0 aliphatic heterocycles. The van der Waals surface area contributed by atoms with Crippen molar-refractivity contribution in [3.63, 3.8) is 0 Å². The predicted molar refractivity (Wildman–Crippen MR) is 34.2 cm³/mol. The zero-order valence-corrected chi connectivity index (χ0v) is 6.08. The highest BCUT2D eigenvalue weighted by molar-refractivity contribution is 4.73. The van der Waals surface area contributed by atoms with Crippen molar-refractivity contribution in [3.05, 3.63) is 18.7 Å². The van der Waals surface area contributed by atoms with Gasteiger partial charge in [-0.25, -0.2) is 4.98 Å². The molecule has 0 aliphatic carbocycles. The molecule has 0 spiro atoms. The third kappa shape index (κ3) is 3.38. The van der Waals surface area contributed by atoms with E-state index in [9.17, 15) is 13.2 Å². The summed E-state index contributed by atoms with van der Waals surface area (Å²) >= 11 is 0. The van der Waals surface area contributed by atoms with E-state index in [2.05, 4.69) is 9.72 Å². The molecular formula is C6H7F3N2O. The number of aromatic nitrogens is 2. The highest BCUT2D eigenvalue weighted by atomic mass is 19.4. The van der Waals surface area contributed by atoms with Gasteiger partial charge in [0.05, 0.1) is 12.9 Å². The van der Waals surface area contributed by atoms with Gasteiger partial charge in [-0.2, -0.15) is 0 Å². The molecule has 1 rings (SSSR count). The minimum atomic E-state index is -4.54. The summed E-state index contributed by atoms with van der Waals surface area (Å²) in [5, 5.41) is 0. The van der Waals surface area contributed by atoms with Crippen LogP contribution in [0, 0.1) is 0 Å². The Morgan fingerprint density at radius 1 is 1.42 bits per heavy atom. The number of rotatable bonds is 3. The molecular weight excluding hydrogens is 173 g/mol. The van der Waals surface area contributed by atoms with Crippen molar-refractivity contribution in [2.45, 2.75) is 12.9 Å². The minimum Gasteiger partial charge on any atom is -0.335 e. The summed E-state index contributed by atoms with van der Waals surface area (Å²) in [7, 11) is 0.